The molecule has 146 valence electrons. The van der Waals surface area contributed by atoms with Crippen molar-refractivity contribution in [3.63, 3.8) is 0 Å². The molecule has 0 radical (unpaired) electrons. The molecule has 0 unspecified atom stereocenters. The molecule has 11 heteroatoms. The first-order valence-electron chi connectivity index (χ1n) is 7.94. The summed E-state index contributed by atoms with van der Waals surface area (Å²) in [6, 6.07) is 6.33. The molecule has 3 heterocycles. The Morgan fingerprint density at radius 1 is 1.11 bits per heavy atom. The summed E-state index contributed by atoms with van der Waals surface area (Å²) in [7, 11) is 0. The molecular formula is C16H16F3N3O5. The van der Waals surface area contributed by atoms with Crippen LogP contribution < -0.4 is 9.47 Å². The molecule has 1 saturated heterocycles. The first-order chi connectivity index (χ1) is 12.8. The molecule has 0 spiro atoms. The summed E-state index contributed by atoms with van der Waals surface area (Å²) in [5, 5.41) is 27.7. The van der Waals surface area contributed by atoms with E-state index in [9.17, 15) is 23.4 Å². The quantitative estimate of drug-likeness (QED) is 0.777. The van der Waals surface area contributed by atoms with Crippen LogP contribution in [0.25, 0.3) is 0 Å². The number of aliphatic hydroxyl groups is 2. The van der Waals surface area contributed by atoms with Crippen molar-refractivity contribution in [1.82, 2.24) is 15.2 Å². The van der Waals surface area contributed by atoms with Gasteiger partial charge in [0.25, 0.3) is 0 Å². The van der Waals surface area contributed by atoms with E-state index in [1.54, 1.807) is 12.1 Å². The Morgan fingerprint density at radius 3 is 2.59 bits per heavy atom. The Labute approximate surface area is 151 Å². The second-order valence-electron chi connectivity index (χ2n) is 5.74. The zero-order valence-corrected chi connectivity index (χ0v) is 13.8. The molecule has 0 saturated carbocycles. The van der Waals surface area contributed by atoms with Crippen molar-refractivity contribution in [2.24, 2.45) is 0 Å². The van der Waals surface area contributed by atoms with Gasteiger partial charge < -0.3 is 24.4 Å². The minimum atomic E-state index is -4.62. The Bertz CT molecular complexity index is 750. The van der Waals surface area contributed by atoms with Crippen molar-refractivity contribution < 1.29 is 37.6 Å². The van der Waals surface area contributed by atoms with Gasteiger partial charge >= 0.3 is 6.18 Å². The molecule has 2 N–H and O–H groups in total. The summed E-state index contributed by atoms with van der Waals surface area (Å²) >= 11 is 0. The van der Waals surface area contributed by atoms with Crippen LogP contribution in [-0.2, 0) is 10.9 Å². The van der Waals surface area contributed by atoms with Crippen LogP contribution in [0, 0.1) is 0 Å². The van der Waals surface area contributed by atoms with Crippen LogP contribution in [0.5, 0.6) is 11.8 Å². The van der Waals surface area contributed by atoms with E-state index in [0.717, 1.165) is 12.1 Å². The monoisotopic (exact) mass is 387 g/mol. The second-order valence-corrected chi connectivity index (χ2v) is 5.74. The van der Waals surface area contributed by atoms with E-state index < -0.39 is 36.3 Å². The fraction of sp³-hybridized carbons (Fsp3) is 0.438. The van der Waals surface area contributed by atoms with Gasteiger partial charge in [0.1, 0.15) is 30.6 Å². The minimum absolute atomic E-state index is 0.106. The number of aromatic nitrogens is 3. The number of pyridine rings is 1. The minimum Gasteiger partial charge on any atom is -0.474 e. The van der Waals surface area contributed by atoms with Gasteiger partial charge in [0.2, 0.25) is 11.8 Å². The number of rotatable bonds is 5. The molecule has 0 aromatic carbocycles. The first kappa shape index (κ1) is 19.3. The molecule has 27 heavy (non-hydrogen) atoms. The summed E-state index contributed by atoms with van der Waals surface area (Å²) in [5.41, 5.74) is -1.12. The maximum absolute atomic E-state index is 12.7. The highest BCUT2D eigenvalue weighted by Crippen LogP contribution is 2.29. The molecule has 0 aliphatic carbocycles. The summed E-state index contributed by atoms with van der Waals surface area (Å²) < 4.78 is 54.1. The summed E-state index contributed by atoms with van der Waals surface area (Å²) in [6.07, 6.45) is -7.92. The van der Waals surface area contributed by atoms with Gasteiger partial charge in [-0.15, -0.1) is 5.10 Å². The van der Waals surface area contributed by atoms with Crippen LogP contribution in [0.4, 0.5) is 13.2 Å². The first-order valence-corrected chi connectivity index (χ1v) is 7.94. The summed E-state index contributed by atoms with van der Waals surface area (Å²) in [6.45, 7) is -0.282. The molecular weight excluding hydrogens is 371 g/mol. The zero-order chi connectivity index (χ0) is 19.4. The topological polar surface area (TPSA) is 107 Å². The van der Waals surface area contributed by atoms with Crippen molar-refractivity contribution in [3.8, 4) is 11.8 Å². The van der Waals surface area contributed by atoms with Gasteiger partial charge in [0, 0.05) is 18.3 Å². The van der Waals surface area contributed by atoms with Crippen molar-refractivity contribution >= 4 is 0 Å². The van der Waals surface area contributed by atoms with Crippen LogP contribution in [0.15, 0.2) is 36.5 Å². The van der Waals surface area contributed by atoms with Gasteiger partial charge in [-0.3, -0.25) is 0 Å². The Hall–Kier alpha value is -2.50. The maximum atomic E-state index is 12.7. The predicted molar refractivity (Wildman–Crippen MR) is 82.9 cm³/mol. The van der Waals surface area contributed by atoms with Crippen molar-refractivity contribution in [3.05, 3.63) is 42.2 Å². The lowest BCUT2D eigenvalue weighted by molar-refractivity contribution is -0.187. The number of halogens is 3. The lowest BCUT2D eigenvalue weighted by Gasteiger charge is -2.37. The second kappa shape index (κ2) is 8.03. The molecule has 0 amide bonds. The van der Waals surface area contributed by atoms with Crippen LogP contribution in [-0.4, -0.2) is 63.0 Å². The van der Waals surface area contributed by atoms with E-state index in [2.05, 4.69) is 15.2 Å². The van der Waals surface area contributed by atoms with E-state index in [4.69, 9.17) is 14.2 Å². The largest absolute Gasteiger partial charge is 0.474 e. The Balaban J connectivity index is 1.59. The highest BCUT2D eigenvalue weighted by Gasteiger charge is 2.41. The van der Waals surface area contributed by atoms with Crippen LogP contribution in [0.2, 0.25) is 0 Å². The fourth-order valence-corrected chi connectivity index (χ4v) is 2.43. The Morgan fingerprint density at radius 2 is 1.89 bits per heavy atom. The van der Waals surface area contributed by atoms with E-state index in [1.807, 2.05) is 0 Å². The number of aliphatic hydroxyl groups excluding tert-OH is 2. The standard InChI is InChI=1S/C16H16F3N3O5/c17-16(18,19)11-3-1-4-12(21-11)27-10-8-25-9(14(23)15(10)24)7-26-13-5-2-6-20-22-13/h1-6,9-10,14-15,23-24H,7-8H2/t9-,10+,14+,15-/m1/s1. The van der Waals surface area contributed by atoms with Crippen LogP contribution >= 0.6 is 0 Å². The molecule has 1 aliphatic rings. The smallest absolute Gasteiger partial charge is 0.433 e. The molecule has 0 bridgehead atoms. The van der Waals surface area contributed by atoms with Crippen LogP contribution in [0.1, 0.15) is 5.69 Å². The Kier molecular flexibility index (Phi) is 5.73. The third-order valence-electron chi connectivity index (χ3n) is 3.82. The van der Waals surface area contributed by atoms with Gasteiger partial charge in [0.05, 0.1) is 6.61 Å². The molecule has 1 aliphatic heterocycles. The van der Waals surface area contributed by atoms with E-state index in [0.29, 0.717) is 0 Å². The third kappa shape index (κ3) is 4.81. The fourth-order valence-electron chi connectivity index (χ4n) is 2.43. The lowest BCUT2D eigenvalue weighted by Crippen LogP contribution is -2.56. The van der Waals surface area contributed by atoms with E-state index >= 15 is 0 Å². The van der Waals surface area contributed by atoms with Crippen molar-refractivity contribution in [2.45, 2.75) is 30.6 Å². The molecule has 3 rings (SSSR count). The highest BCUT2D eigenvalue weighted by atomic mass is 19.4. The molecule has 8 nitrogen and oxygen atoms in total. The lowest BCUT2D eigenvalue weighted by atomic mass is 10.0. The molecule has 2 aromatic rings. The van der Waals surface area contributed by atoms with Gasteiger partial charge in [-0.2, -0.15) is 18.3 Å². The van der Waals surface area contributed by atoms with Gasteiger partial charge in [-0.25, -0.2) is 4.98 Å². The normalized spacial score (nSPS) is 25.8. The number of hydrogen-bond donors (Lipinski definition) is 2. The highest BCUT2D eigenvalue weighted by molar-refractivity contribution is 5.18. The number of hydrogen-bond acceptors (Lipinski definition) is 8. The van der Waals surface area contributed by atoms with Crippen molar-refractivity contribution in [1.29, 1.82) is 0 Å². The molecule has 2 aromatic heterocycles. The maximum Gasteiger partial charge on any atom is 0.433 e. The SMILES string of the molecule is O[C@@H]1[C@H](O)[C@@H](Oc2cccc(C(F)(F)F)n2)CO[C@@H]1COc1cccnn1. The average Bonchev–Trinajstić information content (AvgIpc) is 2.65. The number of nitrogens with zero attached hydrogens (tertiary/aromatic N) is 3. The van der Waals surface area contributed by atoms with Gasteiger partial charge in [-0.05, 0) is 12.1 Å². The average molecular weight is 387 g/mol. The summed E-state index contributed by atoms with van der Waals surface area (Å²) in [5.74, 6) is -0.117. The van der Waals surface area contributed by atoms with Crippen molar-refractivity contribution in [2.75, 3.05) is 13.2 Å². The summed E-state index contributed by atoms with van der Waals surface area (Å²) in [4.78, 5) is 3.36. The number of ether oxygens (including phenoxy) is 3. The van der Waals surface area contributed by atoms with Crippen LogP contribution in [0.3, 0.4) is 0 Å². The molecule has 1 fully saturated rings. The zero-order valence-electron chi connectivity index (χ0n) is 13.8. The molecule has 4 atom stereocenters. The predicted octanol–water partition coefficient (Wildman–Crippen LogP) is 0.837. The van der Waals surface area contributed by atoms with E-state index in [1.165, 1.54) is 12.3 Å². The number of alkyl halides is 3. The van der Waals surface area contributed by atoms with Gasteiger partial charge in [0.15, 0.2) is 6.10 Å². The van der Waals surface area contributed by atoms with Gasteiger partial charge in [-0.1, -0.05) is 6.07 Å². The third-order valence-corrected chi connectivity index (χ3v) is 3.82. The van der Waals surface area contributed by atoms with E-state index in [-0.39, 0.29) is 25.0 Å².